The van der Waals surface area contributed by atoms with E-state index in [1.807, 2.05) is 28.9 Å². The van der Waals surface area contributed by atoms with Crippen LogP contribution in [-0.2, 0) is 25.5 Å². The Morgan fingerprint density at radius 2 is 2.05 bits per heavy atom. The van der Waals surface area contributed by atoms with Gasteiger partial charge in [0.1, 0.15) is 12.4 Å². The second-order valence-corrected chi connectivity index (χ2v) is 5.47. The Bertz CT molecular complexity index is 583. The fourth-order valence-corrected chi connectivity index (χ4v) is 2.96. The van der Waals surface area contributed by atoms with Crippen LogP contribution < -0.4 is 4.74 Å². The largest absolute Gasteiger partial charge is 0.487 e. The third kappa shape index (κ3) is 3.18. The van der Waals surface area contributed by atoms with Crippen molar-refractivity contribution in [1.29, 1.82) is 0 Å². The summed E-state index contributed by atoms with van der Waals surface area (Å²) in [5.74, 6) is 1.28. The highest BCUT2D eigenvalue weighted by atomic mass is 79.9. The van der Waals surface area contributed by atoms with E-state index < -0.39 is 0 Å². The average Bonchev–Trinajstić information content (AvgIpc) is 2.81. The number of aryl methyl sites for hydroxylation is 2. The van der Waals surface area contributed by atoms with Crippen molar-refractivity contribution in [3.8, 4) is 5.75 Å². The minimum atomic E-state index is 0.449. The monoisotopic (exact) mass is 356 g/mol. The Balaban J connectivity index is 2.20. The van der Waals surface area contributed by atoms with E-state index in [9.17, 15) is 0 Å². The van der Waals surface area contributed by atoms with Crippen LogP contribution in [0.15, 0.2) is 28.7 Å². The summed E-state index contributed by atoms with van der Waals surface area (Å²) in [5, 5.41) is 4.57. The molecule has 0 unspecified atom stereocenters. The molecule has 2 rings (SSSR count). The van der Waals surface area contributed by atoms with Crippen LogP contribution in [-0.4, -0.2) is 9.78 Å². The number of hydrogen-bond acceptors (Lipinski definition) is 2. The number of benzene rings is 1. The quantitative estimate of drug-likeness (QED) is 0.709. The molecule has 0 bridgehead atoms. The van der Waals surface area contributed by atoms with Crippen LogP contribution in [0.4, 0.5) is 0 Å². The number of rotatable bonds is 6. The zero-order chi connectivity index (χ0) is 14.5. The molecule has 0 spiro atoms. The summed E-state index contributed by atoms with van der Waals surface area (Å²) in [4.78, 5) is 0. The first-order valence-corrected chi connectivity index (χ1v) is 8.04. The summed E-state index contributed by atoms with van der Waals surface area (Å²) in [6, 6.07) is 7.84. The number of alkyl halides is 1. The first-order valence-electron chi connectivity index (χ1n) is 6.71. The van der Waals surface area contributed by atoms with Crippen molar-refractivity contribution in [3.63, 3.8) is 0 Å². The van der Waals surface area contributed by atoms with Gasteiger partial charge in [-0.15, -0.1) is 11.6 Å². The normalized spacial score (nSPS) is 10.8. The molecule has 1 aromatic heterocycles. The Hall–Kier alpha value is -1.000. The maximum Gasteiger partial charge on any atom is 0.131 e. The second kappa shape index (κ2) is 7.14. The summed E-state index contributed by atoms with van der Waals surface area (Å²) in [6.45, 7) is 5.49. The summed E-state index contributed by atoms with van der Waals surface area (Å²) in [7, 11) is 0. The molecule has 1 aromatic carbocycles. The molecule has 0 saturated heterocycles. The maximum atomic E-state index is 5.92. The van der Waals surface area contributed by atoms with Crippen molar-refractivity contribution in [1.82, 2.24) is 9.78 Å². The van der Waals surface area contributed by atoms with E-state index in [4.69, 9.17) is 16.3 Å². The first-order chi connectivity index (χ1) is 9.71. The van der Waals surface area contributed by atoms with Gasteiger partial charge >= 0.3 is 0 Å². The molecular weight excluding hydrogens is 340 g/mol. The smallest absolute Gasteiger partial charge is 0.131 e. The maximum absolute atomic E-state index is 5.92. The predicted octanol–water partition coefficient (Wildman–Crippen LogP) is 4.55. The molecule has 3 nitrogen and oxygen atoms in total. The van der Waals surface area contributed by atoms with Gasteiger partial charge in [0.05, 0.1) is 21.7 Å². The van der Waals surface area contributed by atoms with Crippen LogP contribution >= 0.6 is 27.5 Å². The van der Waals surface area contributed by atoms with Crippen molar-refractivity contribution in [2.45, 2.75) is 39.3 Å². The molecule has 0 fully saturated rings. The third-order valence-corrected chi connectivity index (χ3v) is 4.38. The van der Waals surface area contributed by atoms with Gasteiger partial charge in [0, 0.05) is 12.1 Å². The van der Waals surface area contributed by atoms with Crippen LogP contribution in [0, 0.1) is 0 Å². The van der Waals surface area contributed by atoms with E-state index in [1.165, 1.54) is 0 Å². The molecule has 0 radical (unpaired) electrons. The molecule has 108 valence electrons. The number of hydrogen-bond donors (Lipinski definition) is 0. The van der Waals surface area contributed by atoms with Crippen LogP contribution in [0.3, 0.4) is 0 Å². The number of halogens is 2. The molecule has 2 aromatic rings. The molecule has 20 heavy (non-hydrogen) atoms. The molecule has 5 heteroatoms. The van der Waals surface area contributed by atoms with Gasteiger partial charge in [-0.2, -0.15) is 5.10 Å². The van der Waals surface area contributed by atoms with Crippen molar-refractivity contribution in [2.24, 2.45) is 0 Å². The molecule has 0 atom stereocenters. The molecule has 0 N–H and O–H groups in total. The minimum Gasteiger partial charge on any atom is -0.487 e. The van der Waals surface area contributed by atoms with Gasteiger partial charge < -0.3 is 4.74 Å². The third-order valence-electron chi connectivity index (χ3n) is 3.18. The Kier molecular flexibility index (Phi) is 5.49. The molecule has 0 aliphatic carbocycles. The van der Waals surface area contributed by atoms with E-state index in [2.05, 4.69) is 34.9 Å². The van der Waals surface area contributed by atoms with E-state index in [1.54, 1.807) is 0 Å². The first kappa shape index (κ1) is 15.4. The van der Waals surface area contributed by atoms with Gasteiger partial charge in [0.15, 0.2) is 0 Å². The Morgan fingerprint density at radius 3 is 2.70 bits per heavy atom. The van der Waals surface area contributed by atoms with Crippen molar-refractivity contribution < 1.29 is 4.74 Å². The Labute approximate surface area is 133 Å². The van der Waals surface area contributed by atoms with E-state index in [-0.39, 0.29) is 0 Å². The SMILES string of the molecule is CCc1nn(CC)c(COc2ccccc2CCl)c1Br. The highest BCUT2D eigenvalue weighted by Gasteiger charge is 2.14. The number of ether oxygens (including phenoxy) is 1. The molecule has 0 aliphatic rings. The molecular formula is C15H18BrClN2O. The average molecular weight is 358 g/mol. The van der Waals surface area contributed by atoms with Crippen LogP contribution in [0.1, 0.15) is 30.8 Å². The lowest BCUT2D eigenvalue weighted by molar-refractivity contribution is 0.289. The van der Waals surface area contributed by atoms with Crippen LogP contribution in [0.25, 0.3) is 0 Å². The highest BCUT2D eigenvalue weighted by molar-refractivity contribution is 9.10. The lowest BCUT2D eigenvalue weighted by atomic mass is 10.2. The predicted molar refractivity (Wildman–Crippen MR) is 85.3 cm³/mol. The Morgan fingerprint density at radius 1 is 1.30 bits per heavy atom. The van der Waals surface area contributed by atoms with Gasteiger partial charge in [-0.25, -0.2) is 0 Å². The molecule has 0 aliphatic heterocycles. The summed E-state index contributed by atoms with van der Waals surface area (Å²) < 4.78 is 8.94. The van der Waals surface area contributed by atoms with Crippen molar-refractivity contribution >= 4 is 27.5 Å². The van der Waals surface area contributed by atoms with Crippen LogP contribution in [0.5, 0.6) is 5.75 Å². The number of nitrogens with zero attached hydrogens (tertiary/aromatic N) is 2. The zero-order valence-electron chi connectivity index (χ0n) is 11.7. The fraction of sp³-hybridized carbons (Fsp3) is 0.400. The summed E-state index contributed by atoms with van der Waals surface area (Å²) >= 11 is 9.55. The lowest BCUT2D eigenvalue weighted by Gasteiger charge is -2.11. The number of aromatic nitrogens is 2. The molecule has 0 amide bonds. The summed E-state index contributed by atoms with van der Waals surface area (Å²) in [6.07, 6.45) is 0.902. The van der Waals surface area contributed by atoms with Gasteiger partial charge in [-0.05, 0) is 35.3 Å². The van der Waals surface area contributed by atoms with Crippen molar-refractivity contribution in [2.75, 3.05) is 0 Å². The van der Waals surface area contributed by atoms with Crippen molar-refractivity contribution in [3.05, 3.63) is 45.7 Å². The zero-order valence-corrected chi connectivity index (χ0v) is 14.0. The number of para-hydroxylation sites is 1. The van der Waals surface area contributed by atoms with Crippen LogP contribution in [0.2, 0.25) is 0 Å². The van der Waals surface area contributed by atoms with E-state index in [0.717, 1.165) is 40.1 Å². The highest BCUT2D eigenvalue weighted by Crippen LogP contribution is 2.26. The van der Waals surface area contributed by atoms with Gasteiger partial charge in [0.25, 0.3) is 0 Å². The molecule has 1 heterocycles. The molecule has 0 saturated carbocycles. The van der Waals surface area contributed by atoms with E-state index >= 15 is 0 Å². The topological polar surface area (TPSA) is 27.1 Å². The van der Waals surface area contributed by atoms with Gasteiger partial charge in [-0.1, -0.05) is 25.1 Å². The van der Waals surface area contributed by atoms with Gasteiger partial charge in [0.2, 0.25) is 0 Å². The summed E-state index contributed by atoms with van der Waals surface area (Å²) in [5.41, 5.74) is 3.13. The standard InChI is InChI=1S/C15H18BrClN2O/c1-3-12-15(16)13(19(4-2)18-12)10-20-14-8-6-5-7-11(14)9-17/h5-8H,3-4,9-10H2,1-2H3. The fourth-order valence-electron chi connectivity index (χ4n) is 2.06. The van der Waals surface area contributed by atoms with Gasteiger partial charge in [-0.3, -0.25) is 4.68 Å². The van der Waals surface area contributed by atoms with E-state index in [0.29, 0.717) is 12.5 Å². The second-order valence-electron chi connectivity index (χ2n) is 4.41. The minimum absolute atomic E-state index is 0.449. The lowest BCUT2D eigenvalue weighted by Crippen LogP contribution is -2.07.